The van der Waals surface area contributed by atoms with Crippen LogP contribution in [0, 0.1) is 0 Å². The summed E-state index contributed by atoms with van der Waals surface area (Å²) in [5, 5.41) is 8.29. The van der Waals surface area contributed by atoms with Gasteiger partial charge in [0.05, 0.1) is 30.9 Å². The van der Waals surface area contributed by atoms with Gasteiger partial charge in [-0.15, -0.1) is 0 Å². The molecule has 1 N–H and O–H groups in total. The highest BCUT2D eigenvalue weighted by Gasteiger charge is 2.30. The monoisotopic (exact) mass is 515 g/mol. The number of hydrazone groups is 1. The number of methoxy groups -OCH3 is 1. The Balaban J connectivity index is 1.53. The molecule has 188 valence electrons. The predicted octanol–water partition coefficient (Wildman–Crippen LogP) is 5.99. The Kier molecular flexibility index (Phi) is 7.89. The molecule has 1 unspecified atom stereocenters. The predicted molar refractivity (Wildman–Crippen MR) is 132 cm³/mol. The lowest BCUT2D eigenvalue weighted by atomic mass is 10.0. The third kappa shape index (κ3) is 5.85. The first kappa shape index (κ1) is 25.2. The molecule has 2 aromatic carbocycles. The second-order valence-corrected chi connectivity index (χ2v) is 8.85. The number of nitrogens with one attached hydrogen (secondary N) is 1. The Labute approximate surface area is 210 Å². The van der Waals surface area contributed by atoms with Crippen molar-refractivity contribution in [2.45, 2.75) is 31.8 Å². The van der Waals surface area contributed by atoms with Crippen molar-refractivity contribution in [3.8, 4) is 11.5 Å². The molecule has 8 nitrogen and oxygen atoms in total. The van der Waals surface area contributed by atoms with E-state index >= 15 is 0 Å². The van der Waals surface area contributed by atoms with E-state index < -0.39 is 6.61 Å². The highest BCUT2D eigenvalue weighted by atomic mass is 32.2. The Bertz CT molecular complexity index is 1250. The number of furan rings is 1. The van der Waals surface area contributed by atoms with Crippen LogP contribution in [0.15, 0.2) is 70.4 Å². The van der Waals surface area contributed by atoms with E-state index in [9.17, 15) is 18.4 Å². The zero-order valence-electron chi connectivity index (χ0n) is 19.4. The number of anilines is 1. The average molecular weight is 516 g/mol. The number of nitrogens with zero attached hydrogens (tertiary/aromatic N) is 2. The molecule has 1 aromatic heterocycles. The van der Waals surface area contributed by atoms with Gasteiger partial charge in [-0.3, -0.25) is 9.59 Å². The fourth-order valence-corrected chi connectivity index (χ4v) is 4.51. The van der Waals surface area contributed by atoms with Crippen LogP contribution in [0.1, 0.15) is 35.0 Å². The number of rotatable bonds is 9. The molecule has 0 spiro atoms. The minimum atomic E-state index is -2.98. The lowest BCUT2D eigenvalue weighted by Gasteiger charge is -2.28. The third-order valence-corrected chi connectivity index (χ3v) is 6.58. The summed E-state index contributed by atoms with van der Waals surface area (Å²) >= 11 is 1.15. The first-order chi connectivity index (χ1) is 17.4. The molecule has 2 heterocycles. The Morgan fingerprint density at radius 3 is 2.61 bits per heavy atom. The molecule has 11 heteroatoms. The minimum absolute atomic E-state index is 0.0829. The molecule has 1 aliphatic rings. The van der Waals surface area contributed by atoms with E-state index in [0.29, 0.717) is 23.4 Å². The van der Waals surface area contributed by atoms with Gasteiger partial charge in [-0.2, -0.15) is 13.9 Å². The Morgan fingerprint density at radius 2 is 1.97 bits per heavy atom. The molecule has 36 heavy (non-hydrogen) atoms. The number of carbonyl (C=O) groups excluding carboxylic acids is 2. The summed E-state index contributed by atoms with van der Waals surface area (Å²) in [5.41, 5.74) is 2.65. The minimum Gasteiger partial charge on any atom is -0.493 e. The van der Waals surface area contributed by atoms with Crippen LogP contribution in [-0.2, 0) is 6.54 Å². The lowest BCUT2D eigenvalue weighted by molar-refractivity contribution is -0.0512. The fraction of sp³-hybridized carbons (Fsp3) is 0.240. The summed E-state index contributed by atoms with van der Waals surface area (Å²) in [6, 6.07) is 14.8. The van der Waals surface area contributed by atoms with Gasteiger partial charge in [-0.1, -0.05) is 30.8 Å². The highest BCUT2D eigenvalue weighted by molar-refractivity contribution is 8.14. The van der Waals surface area contributed by atoms with Gasteiger partial charge in [0.15, 0.2) is 17.3 Å². The smallest absolute Gasteiger partial charge is 0.387 e. The largest absolute Gasteiger partial charge is 0.493 e. The van der Waals surface area contributed by atoms with Gasteiger partial charge in [0.25, 0.3) is 5.91 Å². The molecular formula is C25H23F2N3O5S. The number of carbonyl (C=O) groups is 2. The number of hydrogen-bond donors (Lipinski definition) is 1. The average Bonchev–Trinajstić information content (AvgIpc) is 3.41. The SMILES string of the molecule is CCC1SC(=O)N(Cc2ccc(NC(=O)c3ccco3)cc2)N=C1c1ccc(OC(F)F)c(OC)c1. The topological polar surface area (TPSA) is 93.4 Å². The molecule has 0 bridgehead atoms. The molecule has 3 aromatic rings. The molecule has 0 aliphatic carbocycles. The zero-order chi connectivity index (χ0) is 25.7. The Morgan fingerprint density at radius 1 is 1.19 bits per heavy atom. The van der Waals surface area contributed by atoms with E-state index in [0.717, 1.165) is 17.3 Å². The van der Waals surface area contributed by atoms with E-state index in [1.807, 2.05) is 6.92 Å². The molecule has 4 rings (SSSR count). The van der Waals surface area contributed by atoms with Gasteiger partial charge in [-0.25, -0.2) is 5.01 Å². The van der Waals surface area contributed by atoms with Crippen molar-refractivity contribution in [1.29, 1.82) is 0 Å². The van der Waals surface area contributed by atoms with E-state index in [1.165, 1.54) is 24.4 Å². The van der Waals surface area contributed by atoms with Crippen LogP contribution >= 0.6 is 11.8 Å². The second kappa shape index (κ2) is 11.3. The fourth-order valence-electron chi connectivity index (χ4n) is 3.58. The molecule has 1 atom stereocenters. The van der Waals surface area contributed by atoms with Crippen molar-refractivity contribution in [3.05, 3.63) is 77.7 Å². The quantitative estimate of drug-likeness (QED) is 0.376. The molecule has 0 radical (unpaired) electrons. The van der Waals surface area contributed by atoms with Gasteiger partial charge < -0.3 is 19.2 Å². The normalized spacial score (nSPS) is 15.6. The Hall–Kier alpha value is -3.86. The van der Waals surface area contributed by atoms with Crippen LogP contribution in [0.3, 0.4) is 0 Å². The first-order valence-electron chi connectivity index (χ1n) is 11.0. The van der Waals surface area contributed by atoms with E-state index in [1.54, 1.807) is 48.5 Å². The standard InChI is InChI=1S/C25H23F2N3O5S/c1-3-21-22(16-8-11-18(35-24(26)27)20(13-16)33-2)29-30(25(32)36-21)14-15-6-9-17(10-7-15)28-23(31)19-5-4-12-34-19/h4-13,21,24H,3,14H2,1-2H3,(H,28,31). The van der Waals surface area contributed by atoms with Crippen molar-refractivity contribution >= 4 is 34.3 Å². The third-order valence-electron chi connectivity index (χ3n) is 5.32. The van der Waals surface area contributed by atoms with E-state index in [4.69, 9.17) is 9.15 Å². The zero-order valence-corrected chi connectivity index (χ0v) is 20.3. The number of hydrogen-bond acceptors (Lipinski definition) is 7. The molecular weight excluding hydrogens is 492 g/mol. The highest BCUT2D eigenvalue weighted by Crippen LogP contribution is 2.34. The molecule has 0 saturated carbocycles. The van der Waals surface area contributed by atoms with Crippen molar-refractivity contribution in [1.82, 2.24) is 5.01 Å². The van der Waals surface area contributed by atoms with Crippen molar-refractivity contribution in [3.63, 3.8) is 0 Å². The number of ether oxygens (including phenoxy) is 2. The van der Waals surface area contributed by atoms with Gasteiger partial charge in [0.1, 0.15) is 0 Å². The summed E-state index contributed by atoms with van der Waals surface area (Å²) in [6.07, 6.45) is 2.07. The summed E-state index contributed by atoms with van der Waals surface area (Å²) in [5.74, 6) is -0.102. The van der Waals surface area contributed by atoms with Crippen molar-refractivity contribution < 1.29 is 32.3 Å². The summed E-state index contributed by atoms with van der Waals surface area (Å²) in [6.45, 7) is -0.826. The summed E-state index contributed by atoms with van der Waals surface area (Å²) < 4.78 is 40.2. The van der Waals surface area contributed by atoms with Gasteiger partial charge in [0, 0.05) is 11.3 Å². The van der Waals surface area contributed by atoms with Gasteiger partial charge in [-0.05, 0) is 54.4 Å². The molecule has 0 fully saturated rings. The number of benzene rings is 2. The molecule has 0 saturated heterocycles. The van der Waals surface area contributed by atoms with Crippen LogP contribution in [0.4, 0.5) is 19.3 Å². The number of thioether (sulfide) groups is 1. The first-order valence-corrected chi connectivity index (χ1v) is 11.9. The van der Waals surface area contributed by atoms with Crippen molar-refractivity contribution in [2.24, 2.45) is 5.10 Å². The van der Waals surface area contributed by atoms with Crippen LogP contribution < -0.4 is 14.8 Å². The van der Waals surface area contributed by atoms with Crippen LogP contribution in [-0.4, -0.2) is 40.8 Å². The number of halogens is 2. The van der Waals surface area contributed by atoms with E-state index in [-0.39, 0.29) is 40.2 Å². The van der Waals surface area contributed by atoms with Gasteiger partial charge >= 0.3 is 11.9 Å². The maximum atomic E-state index is 12.8. The van der Waals surface area contributed by atoms with Crippen LogP contribution in [0.25, 0.3) is 0 Å². The van der Waals surface area contributed by atoms with Crippen LogP contribution in [0.2, 0.25) is 0 Å². The van der Waals surface area contributed by atoms with E-state index in [2.05, 4.69) is 15.2 Å². The number of alkyl halides is 2. The second-order valence-electron chi connectivity index (χ2n) is 7.70. The molecule has 1 aliphatic heterocycles. The molecule has 2 amide bonds. The van der Waals surface area contributed by atoms with Crippen molar-refractivity contribution in [2.75, 3.05) is 12.4 Å². The maximum absolute atomic E-state index is 12.8. The van der Waals surface area contributed by atoms with Crippen LogP contribution in [0.5, 0.6) is 11.5 Å². The summed E-state index contributed by atoms with van der Waals surface area (Å²) in [4.78, 5) is 24.9. The lowest BCUT2D eigenvalue weighted by Crippen LogP contribution is -2.34. The maximum Gasteiger partial charge on any atom is 0.387 e. The summed E-state index contributed by atoms with van der Waals surface area (Å²) in [7, 11) is 1.36. The van der Waals surface area contributed by atoms with Gasteiger partial charge in [0.2, 0.25) is 0 Å². The number of amides is 2.